The van der Waals surface area contributed by atoms with E-state index in [1.165, 1.54) is 0 Å². The molecule has 11 heteroatoms. The van der Waals surface area contributed by atoms with E-state index in [9.17, 15) is 35.7 Å². The lowest BCUT2D eigenvalue weighted by Crippen LogP contribution is -2.61. The van der Waals surface area contributed by atoms with E-state index in [0.29, 0.717) is 0 Å². The van der Waals surface area contributed by atoms with Crippen LogP contribution in [-0.2, 0) is 18.9 Å². The topological polar surface area (TPSA) is 179 Å². The summed E-state index contributed by atoms with van der Waals surface area (Å²) in [5.74, 6) is 0.194. The van der Waals surface area contributed by atoms with E-state index in [1.807, 2.05) is 20.8 Å². The summed E-state index contributed by atoms with van der Waals surface area (Å²) in [6.07, 6.45) is -4.26. The molecule has 4 aliphatic rings. The maximum absolute atomic E-state index is 11.2. The molecule has 0 aromatic rings. The summed E-state index contributed by atoms with van der Waals surface area (Å²) < 4.78 is 22.8. The summed E-state index contributed by atoms with van der Waals surface area (Å²) >= 11 is 0. The second-order valence-electron chi connectivity index (χ2n) is 12.8. The third-order valence-corrected chi connectivity index (χ3v) is 9.68. The molecule has 4 fully saturated rings. The zero-order valence-corrected chi connectivity index (χ0v) is 22.3. The molecular formula is C26H46O11. The van der Waals surface area contributed by atoms with Crippen molar-refractivity contribution in [2.24, 2.45) is 17.3 Å². The lowest BCUT2D eigenvalue weighted by atomic mass is 9.52. The summed E-state index contributed by atoms with van der Waals surface area (Å²) in [6.45, 7) is 6.63. The SMILES string of the molecule is CC(C)(O[C@@H]1O[C@H](CO[C@@H]2OCC(O)(CO)[C@H]2O)[C@@H](O)[C@H](O)[C@H]1O)[C@@H]1CC[C@@]2(C)CCC[C@](C)(O)[C@@H]2C1. The van der Waals surface area contributed by atoms with Crippen LogP contribution in [0.3, 0.4) is 0 Å². The fraction of sp³-hybridized carbons (Fsp3) is 1.00. The van der Waals surface area contributed by atoms with Crippen molar-refractivity contribution in [1.82, 2.24) is 0 Å². The minimum atomic E-state index is -1.86. The largest absolute Gasteiger partial charge is 0.393 e. The highest BCUT2D eigenvalue weighted by Crippen LogP contribution is 2.57. The Labute approximate surface area is 218 Å². The first-order valence-corrected chi connectivity index (χ1v) is 13.5. The van der Waals surface area contributed by atoms with Gasteiger partial charge in [-0.15, -0.1) is 0 Å². The lowest BCUT2D eigenvalue weighted by molar-refractivity contribution is -0.336. The quantitative estimate of drug-likeness (QED) is 0.222. The molecule has 2 saturated carbocycles. The van der Waals surface area contributed by atoms with Crippen LogP contribution in [0.4, 0.5) is 0 Å². The van der Waals surface area contributed by atoms with Crippen molar-refractivity contribution in [3.63, 3.8) is 0 Å². The first-order chi connectivity index (χ1) is 17.1. The Morgan fingerprint density at radius 1 is 0.946 bits per heavy atom. The van der Waals surface area contributed by atoms with Gasteiger partial charge in [0.2, 0.25) is 0 Å². The molecule has 0 bridgehead atoms. The Balaban J connectivity index is 1.40. The highest BCUT2D eigenvalue weighted by molar-refractivity contribution is 5.04. The molecule has 216 valence electrons. The number of hydrogen-bond acceptors (Lipinski definition) is 11. The summed E-state index contributed by atoms with van der Waals surface area (Å²) in [5.41, 5.74) is -3.30. The van der Waals surface area contributed by atoms with Gasteiger partial charge in [0, 0.05) is 0 Å². The van der Waals surface area contributed by atoms with Gasteiger partial charge in [-0.2, -0.15) is 0 Å². The first kappa shape index (κ1) is 29.5. The van der Waals surface area contributed by atoms with Gasteiger partial charge in [0.1, 0.15) is 36.1 Å². The number of rotatable bonds is 7. The van der Waals surface area contributed by atoms with Crippen molar-refractivity contribution in [2.45, 2.75) is 126 Å². The summed E-state index contributed by atoms with van der Waals surface area (Å²) in [7, 11) is 0. The average Bonchev–Trinajstić information content (AvgIpc) is 3.12. The molecular weight excluding hydrogens is 488 g/mol. The van der Waals surface area contributed by atoms with Gasteiger partial charge in [0.05, 0.1) is 31.0 Å². The molecule has 2 aliphatic heterocycles. The van der Waals surface area contributed by atoms with Crippen LogP contribution in [0.2, 0.25) is 0 Å². The molecule has 0 aromatic heterocycles. The van der Waals surface area contributed by atoms with Crippen molar-refractivity contribution in [3.8, 4) is 0 Å². The van der Waals surface area contributed by atoms with E-state index in [1.54, 1.807) is 0 Å². The van der Waals surface area contributed by atoms with Gasteiger partial charge >= 0.3 is 0 Å². The highest BCUT2D eigenvalue weighted by atomic mass is 16.7. The molecule has 2 heterocycles. The Hall–Kier alpha value is -0.440. The Kier molecular flexibility index (Phi) is 8.39. The molecule has 0 amide bonds. The van der Waals surface area contributed by atoms with Crippen LogP contribution in [0.15, 0.2) is 0 Å². The number of aliphatic hydroxyl groups excluding tert-OH is 5. The molecule has 1 unspecified atom stereocenters. The molecule has 0 radical (unpaired) electrons. The molecule has 0 spiro atoms. The minimum absolute atomic E-state index is 0.0721. The van der Waals surface area contributed by atoms with Gasteiger partial charge in [0.15, 0.2) is 12.6 Å². The van der Waals surface area contributed by atoms with Crippen LogP contribution >= 0.6 is 0 Å². The van der Waals surface area contributed by atoms with Crippen LogP contribution in [0.1, 0.15) is 66.2 Å². The van der Waals surface area contributed by atoms with E-state index in [-0.39, 0.29) is 30.5 Å². The number of ether oxygens (including phenoxy) is 4. The van der Waals surface area contributed by atoms with Gasteiger partial charge in [-0.3, -0.25) is 0 Å². The van der Waals surface area contributed by atoms with E-state index < -0.39 is 66.5 Å². The van der Waals surface area contributed by atoms with E-state index in [2.05, 4.69) is 6.92 Å². The number of aliphatic hydroxyl groups is 7. The van der Waals surface area contributed by atoms with Crippen molar-refractivity contribution < 1.29 is 54.7 Å². The predicted molar refractivity (Wildman–Crippen MR) is 129 cm³/mol. The van der Waals surface area contributed by atoms with Crippen molar-refractivity contribution in [3.05, 3.63) is 0 Å². The maximum Gasteiger partial charge on any atom is 0.187 e. The molecule has 37 heavy (non-hydrogen) atoms. The average molecular weight is 535 g/mol. The second kappa shape index (κ2) is 10.5. The minimum Gasteiger partial charge on any atom is -0.393 e. The van der Waals surface area contributed by atoms with Crippen LogP contribution < -0.4 is 0 Å². The molecule has 2 saturated heterocycles. The van der Waals surface area contributed by atoms with Gasteiger partial charge < -0.3 is 54.7 Å². The molecule has 11 nitrogen and oxygen atoms in total. The normalized spacial score (nSPS) is 51.2. The third kappa shape index (κ3) is 5.60. The molecule has 7 N–H and O–H groups in total. The monoisotopic (exact) mass is 534 g/mol. The maximum atomic E-state index is 11.2. The zero-order valence-electron chi connectivity index (χ0n) is 22.3. The van der Waals surface area contributed by atoms with E-state index in [4.69, 9.17) is 18.9 Å². The fourth-order valence-corrected chi connectivity index (χ4v) is 7.00. The first-order valence-electron chi connectivity index (χ1n) is 13.5. The van der Waals surface area contributed by atoms with Crippen LogP contribution in [-0.4, -0.2) is 115 Å². The highest BCUT2D eigenvalue weighted by Gasteiger charge is 2.55. The second-order valence-corrected chi connectivity index (χ2v) is 12.8. The van der Waals surface area contributed by atoms with E-state index >= 15 is 0 Å². The van der Waals surface area contributed by atoms with Crippen LogP contribution in [0, 0.1) is 17.3 Å². The van der Waals surface area contributed by atoms with Crippen LogP contribution in [0.25, 0.3) is 0 Å². The Morgan fingerprint density at radius 2 is 1.65 bits per heavy atom. The molecule has 12 atom stereocenters. The van der Waals surface area contributed by atoms with Gasteiger partial charge in [-0.25, -0.2) is 0 Å². The molecule has 4 rings (SSSR count). The summed E-state index contributed by atoms with van der Waals surface area (Å²) in [4.78, 5) is 0. The molecule has 2 aliphatic carbocycles. The van der Waals surface area contributed by atoms with E-state index in [0.717, 1.165) is 38.5 Å². The van der Waals surface area contributed by atoms with Crippen molar-refractivity contribution in [2.75, 3.05) is 19.8 Å². The molecule has 0 aromatic carbocycles. The lowest BCUT2D eigenvalue weighted by Gasteiger charge is -2.56. The zero-order chi connectivity index (χ0) is 27.4. The number of hydrogen-bond donors (Lipinski definition) is 7. The van der Waals surface area contributed by atoms with Gasteiger partial charge in [-0.1, -0.05) is 13.3 Å². The summed E-state index contributed by atoms with van der Waals surface area (Å²) in [6, 6.07) is 0. The standard InChI is InChI=1S/C26H46O11/c1-23(2,14-6-9-24(3)7-5-8-25(4,32)16(24)10-14)37-21-19(30)18(29)17(28)15(36-21)11-34-22-20(31)26(33,12-27)13-35-22/h14-22,27-33H,5-13H2,1-4H3/t14-,15-,16-,17-,18+,19-,20+,21+,22-,24-,25+,26?/m1/s1. The Morgan fingerprint density at radius 3 is 2.30 bits per heavy atom. The van der Waals surface area contributed by atoms with Crippen molar-refractivity contribution >= 4 is 0 Å². The smallest absolute Gasteiger partial charge is 0.187 e. The Bertz CT molecular complexity index is 792. The van der Waals surface area contributed by atoms with Crippen molar-refractivity contribution in [1.29, 1.82) is 0 Å². The summed E-state index contributed by atoms with van der Waals surface area (Å²) in [5, 5.41) is 72.4. The number of fused-ring (bicyclic) bond motifs is 1. The van der Waals surface area contributed by atoms with Crippen LogP contribution in [0.5, 0.6) is 0 Å². The third-order valence-electron chi connectivity index (χ3n) is 9.68. The van der Waals surface area contributed by atoms with Gasteiger partial charge in [0.25, 0.3) is 0 Å². The van der Waals surface area contributed by atoms with Gasteiger partial charge in [-0.05, 0) is 70.1 Å². The fourth-order valence-electron chi connectivity index (χ4n) is 7.00. The predicted octanol–water partition coefficient (Wildman–Crippen LogP) is -0.596.